The van der Waals surface area contributed by atoms with Gasteiger partial charge in [-0.2, -0.15) is 0 Å². The molecule has 0 radical (unpaired) electrons. The van der Waals surface area contributed by atoms with E-state index in [1.54, 1.807) is 13.0 Å². The predicted octanol–water partition coefficient (Wildman–Crippen LogP) is 2.28. The molecule has 0 amide bonds. The minimum Gasteiger partial charge on any atom is -0.308 e. The van der Waals surface area contributed by atoms with Gasteiger partial charge in [0.2, 0.25) is 0 Å². The summed E-state index contributed by atoms with van der Waals surface area (Å²) in [4.78, 5) is 4.04. The van der Waals surface area contributed by atoms with E-state index in [4.69, 9.17) is 0 Å². The Hall–Kier alpha value is -1.40. The minimum atomic E-state index is -0.310. The van der Waals surface area contributed by atoms with Crippen molar-refractivity contribution in [3.63, 3.8) is 0 Å². The van der Waals surface area contributed by atoms with Crippen molar-refractivity contribution in [3.05, 3.63) is 29.8 Å². The van der Waals surface area contributed by atoms with Crippen molar-refractivity contribution in [2.75, 3.05) is 6.54 Å². The number of hydrogen-bond donors (Lipinski definition) is 1. The molecule has 0 bridgehead atoms. The van der Waals surface area contributed by atoms with Crippen LogP contribution < -0.4 is 5.32 Å². The third-order valence-corrected chi connectivity index (χ3v) is 2.04. The second kappa shape index (κ2) is 6.15. The van der Waals surface area contributed by atoms with Gasteiger partial charge in [0.05, 0.1) is 17.9 Å². The van der Waals surface area contributed by atoms with Gasteiger partial charge in [0.1, 0.15) is 5.82 Å². The lowest BCUT2D eigenvalue weighted by Gasteiger charge is -2.14. The summed E-state index contributed by atoms with van der Waals surface area (Å²) < 4.78 is 12.7. The zero-order valence-electron chi connectivity index (χ0n) is 9.05. The standard InChI is InChI=1S/C12H15FN2/c1-3-5-6-11(14-4-2)12-8-7-10(13)9-15-12/h7-9,11,14H,4,6H2,1-2H3. The summed E-state index contributed by atoms with van der Waals surface area (Å²) in [5.74, 6) is 5.54. The van der Waals surface area contributed by atoms with Crippen molar-refractivity contribution in [3.8, 4) is 11.8 Å². The Kier molecular flexibility index (Phi) is 4.79. The van der Waals surface area contributed by atoms with Crippen molar-refractivity contribution < 1.29 is 4.39 Å². The fourth-order valence-electron chi connectivity index (χ4n) is 1.33. The first kappa shape index (κ1) is 11.7. The molecular formula is C12H15FN2. The van der Waals surface area contributed by atoms with E-state index in [-0.39, 0.29) is 11.9 Å². The van der Waals surface area contributed by atoms with Crippen LogP contribution >= 0.6 is 0 Å². The molecule has 0 spiro atoms. The fourth-order valence-corrected chi connectivity index (χ4v) is 1.33. The van der Waals surface area contributed by atoms with Gasteiger partial charge in [-0.15, -0.1) is 11.8 Å². The topological polar surface area (TPSA) is 24.9 Å². The molecule has 1 unspecified atom stereocenters. The van der Waals surface area contributed by atoms with Gasteiger partial charge in [0, 0.05) is 6.42 Å². The van der Waals surface area contributed by atoms with Crippen LogP contribution in [-0.2, 0) is 0 Å². The Morgan fingerprint density at radius 2 is 2.33 bits per heavy atom. The van der Waals surface area contributed by atoms with E-state index in [9.17, 15) is 4.39 Å². The lowest BCUT2D eigenvalue weighted by Crippen LogP contribution is -2.21. The molecule has 0 aliphatic carbocycles. The Bertz CT molecular complexity index is 348. The minimum absolute atomic E-state index is 0.0862. The number of hydrogen-bond acceptors (Lipinski definition) is 2. The molecule has 1 N–H and O–H groups in total. The van der Waals surface area contributed by atoms with Gasteiger partial charge in [-0.1, -0.05) is 6.92 Å². The zero-order valence-corrected chi connectivity index (χ0v) is 9.05. The molecule has 15 heavy (non-hydrogen) atoms. The van der Waals surface area contributed by atoms with Gasteiger partial charge < -0.3 is 5.32 Å². The van der Waals surface area contributed by atoms with Gasteiger partial charge >= 0.3 is 0 Å². The van der Waals surface area contributed by atoms with E-state index < -0.39 is 0 Å². The first-order chi connectivity index (χ1) is 7.27. The molecule has 1 aromatic heterocycles. The van der Waals surface area contributed by atoms with Crippen LogP contribution in [0.25, 0.3) is 0 Å². The van der Waals surface area contributed by atoms with Crippen molar-refractivity contribution in [1.29, 1.82) is 0 Å². The van der Waals surface area contributed by atoms with Crippen LogP contribution in [0.2, 0.25) is 0 Å². The summed E-state index contributed by atoms with van der Waals surface area (Å²) in [6.45, 7) is 4.67. The zero-order chi connectivity index (χ0) is 11.1. The lowest BCUT2D eigenvalue weighted by atomic mass is 10.1. The SMILES string of the molecule is CC#CCC(NCC)c1ccc(F)cn1. The highest BCUT2D eigenvalue weighted by molar-refractivity contribution is 5.13. The van der Waals surface area contributed by atoms with E-state index in [2.05, 4.69) is 22.1 Å². The van der Waals surface area contributed by atoms with E-state index in [0.717, 1.165) is 12.2 Å². The summed E-state index contributed by atoms with van der Waals surface area (Å²) in [5, 5.41) is 3.27. The monoisotopic (exact) mass is 206 g/mol. The maximum Gasteiger partial charge on any atom is 0.141 e. The highest BCUT2D eigenvalue weighted by Gasteiger charge is 2.09. The molecule has 2 nitrogen and oxygen atoms in total. The fraction of sp³-hybridized carbons (Fsp3) is 0.417. The molecule has 0 fully saturated rings. The second-order valence-corrected chi connectivity index (χ2v) is 3.14. The first-order valence-corrected chi connectivity index (χ1v) is 5.02. The van der Waals surface area contributed by atoms with Crippen molar-refractivity contribution in [2.24, 2.45) is 0 Å². The number of rotatable bonds is 4. The quantitative estimate of drug-likeness (QED) is 0.764. The highest BCUT2D eigenvalue weighted by atomic mass is 19.1. The second-order valence-electron chi connectivity index (χ2n) is 3.14. The summed E-state index contributed by atoms with van der Waals surface area (Å²) in [6.07, 6.45) is 1.93. The van der Waals surface area contributed by atoms with E-state index in [0.29, 0.717) is 6.42 Å². The van der Waals surface area contributed by atoms with Crippen molar-refractivity contribution in [1.82, 2.24) is 10.3 Å². The van der Waals surface area contributed by atoms with Gasteiger partial charge in [0.25, 0.3) is 0 Å². The number of nitrogens with one attached hydrogen (secondary N) is 1. The number of pyridine rings is 1. The molecule has 1 aromatic rings. The van der Waals surface area contributed by atoms with Crippen LogP contribution in [0.1, 0.15) is 32.0 Å². The van der Waals surface area contributed by atoms with E-state index >= 15 is 0 Å². The highest BCUT2D eigenvalue weighted by Crippen LogP contribution is 2.13. The average molecular weight is 206 g/mol. The molecule has 0 saturated carbocycles. The molecule has 80 valence electrons. The molecule has 0 aliphatic heterocycles. The summed E-state index contributed by atoms with van der Waals surface area (Å²) in [5.41, 5.74) is 0.834. The number of halogens is 1. The Labute approximate surface area is 89.9 Å². The maximum atomic E-state index is 12.7. The first-order valence-electron chi connectivity index (χ1n) is 5.02. The van der Waals surface area contributed by atoms with Crippen LogP contribution in [0, 0.1) is 17.7 Å². The van der Waals surface area contributed by atoms with Gasteiger partial charge in [-0.05, 0) is 25.6 Å². The van der Waals surface area contributed by atoms with Gasteiger partial charge in [-0.25, -0.2) is 4.39 Å². The third kappa shape index (κ3) is 3.69. The smallest absolute Gasteiger partial charge is 0.141 e. The largest absolute Gasteiger partial charge is 0.308 e. The van der Waals surface area contributed by atoms with Crippen molar-refractivity contribution >= 4 is 0 Å². The van der Waals surface area contributed by atoms with Crippen LogP contribution in [0.15, 0.2) is 18.3 Å². The van der Waals surface area contributed by atoms with Crippen LogP contribution in [0.5, 0.6) is 0 Å². The third-order valence-electron chi connectivity index (χ3n) is 2.04. The summed E-state index contributed by atoms with van der Waals surface area (Å²) in [6, 6.07) is 3.20. The number of nitrogens with zero attached hydrogens (tertiary/aromatic N) is 1. The Morgan fingerprint density at radius 1 is 1.53 bits per heavy atom. The van der Waals surface area contributed by atoms with E-state index in [1.165, 1.54) is 12.3 Å². The normalized spacial score (nSPS) is 11.7. The maximum absolute atomic E-state index is 12.7. The van der Waals surface area contributed by atoms with E-state index in [1.807, 2.05) is 6.92 Å². The van der Waals surface area contributed by atoms with Crippen LogP contribution in [-0.4, -0.2) is 11.5 Å². The van der Waals surface area contributed by atoms with Gasteiger partial charge in [-0.3, -0.25) is 4.98 Å². The Balaban J connectivity index is 2.76. The molecule has 1 rings (SSSR count). The summed E-state index contributed by atoms with van der Waals surface area (Å²) >= 11 is 0. The lowest BCUT2D eigenvalue weighted by molar-refractivity contribution is 0.545. The molecule has 3 heteroatoms. The molecule has 0 saturated heterocycles. The van der Waals surface area contributed by atoms with Crippen LogP contribution in [0.4, 0.5) is 4.39 Å². The predicted molar refractivity (Wildman–Crippen MR) is 58.7 cm³/mol. The summed E-state index contributed by atoms with van der Waals surface area (Å²) in [7, 11) is 0. The Morgan fingerprint density at radius 3 is 2.87 bits per heavy atom. The molecule has 0 aliphatic rings. The molecule has 1 atom stereocenters. The van der Waals surface area contributed by atoms with Crippen molar-refractivity contribution in [2.45, 2.75) is 26.3 Å². The molecule has 1 heterocycles. The molecule has 0 aromatic carbocycles. The molecular weight excluding hydrogens is 191 g/mol. The van der Waals surface area contributed by atoms with Crippen LogP contribution in [0.3, 0.4) is 0 Å². The number of aromatic nitrogens is 1. The van der Waals surface area contributed by atoms with Gasteiger partial charge in [0.15, 0.2) is 0 Å². The average Bonchev–Trinajstić information content (AvgIpc) is 2.25.